The number of rotatable bonds is 2. The maximum Gasteiger partial charge on any atom is 0.252 e. The van der Waals surface area contributed by atoms with Gasteiger partial charge in [-0.3, -0.25) is 9.36 Å². The van der Waals surface area contributed by atoms with Gasteiger partial charge in [0.2, 0.25) is 0 Å². The number of hydrogen-bond donors (Lipinski definition) is 0. The summed E-state index contributed by atoms with van der Waals surface area (Å²) < 4.78 is 1.85. The van der Waals surface area contributed by atoms with Crippen LogP contribution in [0.1, 0.15) is 0 Å². The summed E-state index contributed by atoms with van der Waals surface area (Å²) in [5, 5.41) is 0. The Morgan fingerprint density at radius 2 is 1.41 bits per heavy atom. The zero-order chi connectivity index (χ0) is 14.9. The lowest BCUT2D eigenvalue weighted by Crippen LogP contribution is -2.17. The molecule has 0 fully saturated rings. The lowest BCUT2D eigenvalue weighted by atomic mass is 10.1. The molecule has 0 atom stereocenters. The summed E-state index contributed by atoms with van der Waals surface area (Å²) in [6.07, 6.45) is 0. The molecule has 0 amide bonds. The van der Waals surface area contributed by atoms with Crippen LogP contribution in [0, 0.1) is 0 Å². The second-order valence-electron chi connectivity index (χ2n) is 5.45. The Labute approximate surface area is 129 Å². The van der Waals surface area contributed by atoms with Gasteiger partial charge in [-0.25, -0.2) is 0 Å². The lowest BCUT2D eigenvalue weighted by molar-refractivity contribution is 0.767. The molecule has 0 bridgehead atoms. The normalized spacial score (nSPS) is 13.2. The first kappa shape index (κ1) is 12.9. The second-order valence-corrected chi connectivity index (χ2v) is 5.45. The molecule has 0 saturated heterocycles. The van der Waals surface area contributed by atoms with Crippen molar-refractivity contribution < 1.29 is 0 Å². The minimum Gasteiger partial charge on any atom is -0.326 e. The fraction of sp³-hybridized carbons (Fsp3) is 0.105. The van der Waals surface area contributed by atoms with Gasteiger partial charge in [0, 0.05) is 24.8 Å². The first-order valence-corrected chi connectivity index (χ1v) is 7.46. The van der Waals surface area contributed by atoms with Crippen molar-refractivity contribution in [3.05, 3.63) is 83.2 Å². The topological polar surface area (TPSA) is 25.2 Å². The predicted molar refractivity (Wildman–Crippen MR) is 89.6 cm³/mol. The zero-order valence-electron chi connectivity index (χ0n) is 12.1. The number of hydrogen-bond acceptors (Lipinski definition) is 2. The molecular formula is C19H16N2O. The fourth-order valence-electron chi connectivity index (χ4n) is 3.01. The number of fused-ring (bicyclic) bond motifs is 1. The maximum absolute atomic E-state index is 12.4. The van der Waals surface area contributed by atoms with Gasteiger partial charge in [-0.1, -0.05) is 48.5 Å². The highest BCUT2D eigenvalue weighted by Crippen LogP contribution is 2.31. The molecule has 3 heteroatoms. The smallest absolute Gasteiger partial charge is 0.252 e. The van der Waals surface area contributed by atoms with E-state index in [1.54, 1.807) is 6.07 Å². The Hall–Kier alpha value is -2.81. The minimum atomic E-state index is 0.0646. The summed E-state index contributed by atoms with van der Waals surface area (Å²) in [5.41, 5.74) is 3.23. The second kappa shape index (κ2) is 5.19. The van der Waals surface area contributed by atoms with Crippen LogP contribution in [0.2, 0.25) is 0 Å². The van der Waals surface area contributed by atoms with E-state index in [0.717, 1.165) is 35.7 Å². The maximum atomic E-state index is 12.4. The van der Waals surface area contributed by atoms with E-state index >= 15 is 0 Å². The van der Waals surface area contributed by atoms with Gasteiger partial charge in [-0.05, 0) is 29.3 Å². The van der Waals surface area contributed by atoms with Crippen LogP contribution < -0.4 is 10.5 Å². The molecule has 22 heavy (non-hydrogen) atoms. The van der Waals surface area contributed by atoms with E-state index in [2.05, 4.69) is 23.1 Å². The molecule has 1 aromatic heterocycles. The Balaban J connectivity index is 1.85. The van der Waals surface area contributed by atoms with Crippen LogP contribution in [-0.2, 0) is 6.54 Å². The van der Waals surface area contributed by atoms with Gasteiger partial charge in [-0.2, -0.15) is 0 Å². The average molecular weight is 288 g/mol. The molecule has 4 rings (SSSR count). The third-order valence-corrected chi connectivity index (χ3v) is 4.10. The van der Waals surface area contributed by atoms with Gasteiger partial charge in [-0.15, -0.1) is 0 Å². The molecule has 108 valence electrons. The summed E-state index contributed by atoms with van der Waals surface area (Å²) in [6, 6.07) is 24.1. The van der Waals surface area contributed by atoms with E-state index < -0.39 is 0 Å². The van der Waals surface area contributed by atoms with Gasteiger partial charge < -0.3 is 4.90 Å². The van der Waals surface area contributed by atoms with Crippen molar-refractivity contribution in [2.24, 2.45) is 0 Å². The van der Waals surface area contributed by atoms with Gasteiger partial charge in [0.1, 0.15) is 5.82 Å². The highest BCUT2D eigenvalue weighted by molar-refractivity contribution is 5.71. The van der Waals surface area contributed by atoms with Crippen molar-refractivity contribution in [2.75, 3.05) is 11.4 Å². The summed E-state index contributed by atoms with van der Waals surface area (Å²) in [4.78, 5) is 14.6. The van der Waals surface area contributed by atoms with Crippen molar-refractivity contribution in [2.45, 2.75) is 6.54 Å². The monoisotopic (exact) mass is 288 g/mol. The molecule has 1 aliphatic heterocycles. The highest BCUT2D eigenvalue weighted by atomic mass is 16.1. The van der Waals surface area contributed by atoms with Crippen LogP contribution in [0.25, 0.3) is 11.1 Å². The van der Waals surface area contributed by atoms with Crippen molar-refractivity contribution in [3.8, 4) is 11.1 Å². The SMILES string of the molecule is O=c1cc(-c2ccccc2)cc2n1CCN2c1ccccc1. The fourth-order valence-corrected chi connectivity index (χ4v) is 3.01. The van der Waals surface area contributed by atoms with Gasteiger partial charge in [0.15, 0.2) is 0 Å². The van der Waals surface area contributed by atoms with Crippen LogP contribution in [0.3, 0.4) is 0 Å². The van der Waals surface area contributed by atoms with E-state index in [9.17, 15) is 4.79 Å². The molecule has 0 N–H and O–H groups in total. The van der Waals surface area contributed by atoms with Crippen LogP contribution in [0.5, 0.6) is 0 Å². The first-order chi connectivity index (χ1) is 10.8. The number of benzene rings is 2. The first-order valence-electron chi connectivity index (χ1n) is 7.46. The van der Waals surface area contributed by atoms with Crippen molar-refractivity contribution in [1.29, 1.82) is 0 Å². The van der Waals surface area contributed by atoms with Crippen LogP contribution in [0.4, 0.5) is 11.5 Å². The molecule has 3 nitrogen and oxygen atoms in total. The standard InChI is InChI=1S/C19H16N2O/c22-19-14-16(15-7-3-1-4-8-15)13-18-20(11-12-21(18)19)17-9-5-2-6-10-17/h1-10,13-14H,11-12H2. The number of para-hydroxylation sites is 1. The summed E-state index contributed by atoms with van der Waals surface area (Å²) >= 11 is 0. The quantitative estimate of drug-likeness (QED) is 0.719. The molecule has 1 aliphatic rings. The zero-order valence-corrected chi connectivity index (χ0v) is 12.1. The minimum absolute atomic E-state index is 0.0646. The molecule has 3 aromatic rings. The molecular weight excluding hydrogens is 272 g/mol. The van der Waals surface area contributed by atoms with Crippen LogP contribution in [0.15, 0.2) is 77.6 Å². The molecule has 0 saturated carbocycles. The molecule has 2 aromatic carbocycles. The van der Waals surface area contributed by atoms with E-state index in [0.29, 0.717) is 0 Å². The van der Waals surface area contributed by atoms with E-state index in [-0.39, 0.29) is 5.56 Å². The van der Waals surface area contributed by atoms with Crippen molar-refractivity contribution >= 4 is 11.5 Å². The number of aromatic nitrogens is 1. The van der Waals surface area contributed by atoms with E-state index in [1.165, 1.54) is 0 Å². The van der Waals surface area contributed by atoms with Gasteiger partial charge in [0.05, 0.1) is 0 Å². The Bertz CT molecular complexity index is 854. The van der Waals surface area contributed by atoms with Crippen molar-refractivity contribution in [3.63, 3.8) is 0 Å². The third kappa shape index (κ3) is 2.11. The highest BCUT2D eigenvalue weighted by Gasteiger charge is 2.22. The summed E-state index contributed by atoms with van der Waals surface area (Å²) in [7, 11) is 0. The number of nitrogens with zero attached hydrogens (tertiary/aromatic N) is 2. The number of pyridine rings is 1. The largest absolute Gasteiger partial charge is 0.326 e. The van der Waals surface area contributed by atoms with Gasteiger partial charge in [0.25, 0.3) is 5.56 Å². The average Bonchev–Trinajstić information content (AvgIpc) is 3.01. The van der Waals surface area contributed by atoms with Crippen LogP contribution >= 0.6 is 0 Å². The predicted octanol–water partition coefficient (Wildman–Crippen LogP) is 3.67. The Kier molecular flexibility index (Phi) is 3.04. The van der Waals surface area contributed by atoms with Crippen molar-refractivity contribution in [1.82, 2.24) is 4.57 Å². The third-order valence-electron chi connectivity index (χ3n) is 4.10. The van der Waals surface area contributed by atoms with Gasteiger partial charge >= 0.3 is 0 Å². The van der Waals surface area contributed by atoms with E-state index in [1.807, 2.05) is 53.1 Å². The molecule has 0 radical (unpaired) electrons. The summed E-state index contributed by atoms with van der Waals surface area (Å²) in [5.74, 6) is 0.970. The van der Waals surface area contributed by atoms with Crippen LogP contribution in [-0.4, -0.2) is 11.1 Å². The molecule has 0 unspecified atom stereocenters. The molecule has 2 heterocycles. The Morgan fingerprint density at radius 3 is 2.14 bits per heavy atom. The number of anilines is 2. The Morgan fingerprint density at radius 1 is 0.727 bits per heavy atom. The summed E-state index contributed by atoms with van der Waals surface area (Å²) in [6.45, 7) is 1.57. The molecule has 0 spiro atoms. The molecule has 0 aliphatic carbocycles. The lowest BCUT2D eigenvalue weighted by Gasteiger charge is -2.19. The van der Waals surface area contributed by atoms with E-state index in [4.69, 9.17) is 0 Å².